The van der Waals surface area contributed by atoms with Gasteiger partial charge in [0, 0.05) is 31.7 Å². The molecule has 0 bridgehead atoms. The Morgan fingerprint density at radius 3 is 2.95 bits per heavy atom. The molecule has 1 aliphatic rings. The summed E-state index contributed by atoms with van der Waals surface area (Å²) in [4.78, 5) is 4.50. The van der Waals surface area contributed by atoms with E-state index in [0.717, 1.165) is 44.1 Å². The van der Waals surface area contributed by atoms with E-state index < -0.39 is 0 Å². The van der Waals surface area contributed by atoms with Gasteiger partial charge in [-0.05, 0) is 32.3 Å². The van der Waals surface area contributed by atoms with Gasteiger partial charge in [0.1, 0.15) is 5.75 Å². The first kappa shape index (κ1) is 15.8. The van der Waals surface area contributed by atoms with Crippen LogP contribution in [-0.4, -0.2) is 63.4 Å². The van der Waals surface area contributed by atoms with Crippen LogP contribution in [0.4, 0.5) is 0 Å². The van der Waals surface area contributed by atoms with Crippen LogP contribution in [0, 0.1) is 11.3 Å². The third-order valence-corrected chi connectivity index (χ3v) is 3.60. The van der Waals surface area contributed by atoms with Gasteiger partial charge in [0.15, 0.2) is 0 Å². The zero-order valence-electron chi connectivity index (χ0n) is 13.0. The van der Waals surface area contributed by atoms with Crippen LogP contribution >= 0.6 is 0 Å². The van der Waals surface area contributed by atoms with Crippen LogP contribution in [-0.2, 0) is 11.3 Å². The summed E-state index contributed by atoms with van der Waals surface area (Å²) in [5.41, 5.74) is 1.73. The molecule has 0 amide bonds. The molecule has 21 heavy (non-hydrogen) atoms. The highest BCUT2D eigenvalue weighted by Gasteiger charge is 2.22. The summed E-state index contributed by atoms with van der Waals surface area (Å²) in [6, 6.07) is 7.75. The van der Waals surface area contributed by atoms with Gasteiger partial charge >= 0.3 is 0 Å². The third kappa shape index (κ3) is 4.43. The van der Waals surface area contributed by atoms with Gasteiger partial charge in [-0.2, -0.15) is 5.26 Å². The topological polar surface area (TPSA) is 48.7 Å². The smallest absolute Gasteiger partial charge is 0.123 e. The Bertz CT molecular complexity index is 511. The molecule has 5 nitrogen and oxygen atoms in total. The van der Waals surface area contributed by atoms with Crippen molar-refractivity contribution in [2.75, 3.05) is 47.4 Å². The first-order valence-corrected chi connectivity index (χ1v) is 7.18. The summed E-state index contributed by atoms with van der Waals surface area (Å²) in [5.74, 6) is 0.838. The fraction of sp³-hybridized carbons (Fsp3) is 0.562. The lowest BCUT2D eigenvalue weighted by atomic mass is 10.1. The highest BCUT2D eigenvalue weighted by atomic mass is 16.5. The third-order valence-electron chi connectivity index (χ3n) is 3.60. The summed E-state index contributed by atoms with van der Waals surface area (Å²) in [5, 5.41) is 9.04. The van der Waals surface area contributed by atoms with Gasteiger partial charge in [0.25, 0.3) is 0 Å². The molecule has 1 aromatic carbocycles. The lowest BCUT2D eigenvalue weighted by molar-refractivity contribution is -0.0408. The van der Waals surface area contributed by atoms with Crippen LogP contribution in [0.3, 0.4) is 0 Å². The van der Waals surface area contributed by atoms with Gasteiger partial charge in [-0.1, -0.05) is 0 Å². The maximum absolute atomic E-state index is 9.04. The van der Waals surface area contributed by atoms with Crippen molar-refractivity contribution in [2.24, 2.45) is 0 Å². The molecule has 1 aliphatic heterocycles. The van der Waals surface area contributed by atoms with Crippen LogP contribution in [0.25, 0.3) is 0 Å². The minimum atomic E-state index is 0.235. The van der Waals surface area contributed by atoms with Crippen molar-refractivity contribution >= 4 is 0 Å². The van der Waals surface area contributed by atoms with Gasteiger partial charge in [0.05, 0.1) is 31.5 Å². The number of methoxy groups -OCH3 is 1. The Morgan fingerprint density at radius 1 is 1.48 bits per heavy atom. The van der Waals surface area contributed by atoms with Crippen molar-refractivity contribution in [1.29, 1.82) is 5.26 Å². The standard InChI is InChI=1S/C16H23N3O2/c1-18(2)11-15-12-19(6-7-21-15)10-14-8-13(9-17)4-5-16(14)20-3/h4-5,8,15H,6-7,10-12H2,1-3H3. The number of ether oxygens (including phenoxy) is 2. The van der Waals surface area contributed by atoms with Gasteiger partial charge in [0.2, 0.25) is 0 Å². The minimum Gasteiger partial charge on any atom is -0.496 e. The summed E-state index contributed by atoms with van der Waals surface area (Å²) in [7, 11) is 5.78. The quantitative estimate of drug-likeness (QED) is 0.818. The highest BCUT2D eigenvalue weighted by Crippen LogP contribution is 2.22. The Balaban J connectivity index is 2.05. The SMILES string of the molecule is COc1ccc(C#N)cc1CN1CCOC(CN(C)C)C1. The van der Waals surface area contributed by atoms with Crippen molar-refractivity contribution in [3.8, 4) is 11.8 Å². The molecular formula is C16H23N3O2. The monoisotopic (exact) mass is 289 g/mol. The van der Waals surface area contributed by atoms with E-state index in [-0.39, 0.29) is 6.10 Å². The average molecular weight is 289 g/mol. The van der Waals surface area contributed by atoms with Gasteiger partial charge in [-0.15, -0.1) is 0 Å². The second kappa shape index (κ2) is 7.41. The van der Waals surface area contributed by atoms with Crippen LogP contribution in [0.1, 0.15) is 11.1 Å². The molecular weight excluding hydrogens is 266 g/mol. The molecule has 0 spiro atoms. The van der Waals surface area contributed by atoms with Gasteiger partial charge in [-0.3, -0.25) is 4.90 Å². The zero-order chi connectivity index (χ0) is 15.2. The Labute approximate surface area is 126 Å². The Morgan fingerprint density at radius 2 is 2.29 bits per heavy atom. The normalized spacial score (nSPS) is 19.5. The van der Waals surface area contributed by atoms with Crippen LogP contribution < -0.4 is 4.74 Å². The van der Waals surface area contributed by atoms with Gasteiger partial charge in [-0.25, -0.2) is 0 Å². The molecule has 1 heterocycles. The zero-order valence-corrected chi connectivity index (χ0v) is 13.0. The molecule has 1 unspecified atom stereocenters. The molecule has 0 radical (unpaired) electrons. The molecule has 0 saturated carbocycles. The number of nitriles is 1. The second-order valence-electron chi connectivity index (χ2n) is 5.63. The number of rotatable bonds is 5. The van der Waals surface area contributed by atoms with Crippen LogP contribution in [0.15, 0.2) is 18.2 Å². The lowest BCUT2D eigenvalue weighted by Crippen LogP contribution is -2.46. The molecule has 1 saturated heterocycles. The van der Waals surface area contributed by atoms with E-state index >= 15 is 0 Å². The van der Waals surface area contributed by atoms with Crippen molar-refractivity contribution in [3.63, 3.8) is 0 Å². The second-order valence-corrected chi connectivity index (χ2v) is 5.63. The van der Waals surface area contributed by atoms with Gasteiger partial charge < -0.3 is 14.4 Å². The summed E-state index contributed by atoms with van der Waals surface area (Å²) >= 11 is 0. The maximum atomic E-state index is 9.04. The largest absolute Gasteiger partial charge is 0.496 e. The first-order chi connectivity index (χ1) is 10.1. The van der Waals surface area contributed by atoms with E-state index in [2.05, 4.69) is 30.0 Å². The average Bonchev–Trinajstić information content (AvgIpc) is 2.47. The molecule has 1 atom stereocenters. The molecule has 2 rings (SSSR count). The Kier molecular flexibility index (Phi) is 5.57. The number of hydrogen-bond donors (Lipinski definition) is 0. The predicted molar refractivity (Wildman–Crippen MR) is 81.3 cm³/mol. The van der Waals surface area contributed by atoms with E-state index in [4.69, 9.17) is 14.7 Å². The van der Waals surface area contributed by atoms with E-state index in [1.54, 1.807) is 13.2 Å². The number of likely N-dealkylation sites (N-methyl/N-ethyl adjacent to an activating group) is 1. The lowest BCUT2D eigenvalue weighted by Gasteiger charge is -2.34. The highest BCUT2D eigenvalue weighted by molar-refractivity contribution is 5.42. The summed E-state index contributed by atoms with van der Waals surface area (Å²) in [6.07, 6.45) is 0.235. The van der Waals surface area contributed by atoms with Crippen molar-refractivity contribution < 1.29 is 9.47 Å². The summed E-state index contributed by atoms with van der Waals surface area (Å²) in [6.45, 7) is 4.26. The summed E-state index contributed by atoms with van der Waals surface area (Å²) < 4.78 is 11.2. The minimum absolute atomic E-state index is 0.235. The molecule has 1 fully saturated rings. The fourth-order valence-corrected chi connectivity index (χ4v) is 2.65. The van der Waals surface area contributed by atoms with E-state index in [1.807, 2.05) is 12.1 Å². The van der Waals surface area contributed by atoms with E-state index in [0.29, 0.717) is 5.56 Å². The Hall–Kier alpha value is -1.61. The number of benzene rings is 1. The van der Waals surface area contributed by atoms with Crippen molar-refractivity contribution in [3.05, 3.63) is 29.3 Å². The predicted octanol–water partition coefficient (Wildman–Crippen LogP) is 1.33. The molecule has 1 aromatic rings. The van der Waals surface area contributed by atoms with E-state index in [9.17, 15) is 0 Å². The maximum Gasteiger partial charge on any atom is 0.123 e. The van der Waals surface area contributed by atoms with Crippen LogP contribution in [0.5, 0.6) is 5.75 Å². The van der Waals surface area contributed by atoms with Crippen molar-refractivity contribution in [1.82, 2.24) is 9.80 Å². The van der Waals surface area contributed by atoms with Crippen LogP contribution in [0.2, 0.25) is 0 Å². The number of nitrogens with zero attached hydrogens (tertiary/aromatic N) is 3. The van der Waals surface area contributed by atoms with E-state index in [1.165, 1.54) is 0 Å². The molecule has 0 N–H and O–H groups in total. The number of hydrogen-bond acceptors (Lipinski definition) is 5. The first-order valence-electron chi connectivity index (χ1n) is 7.18. The molecule has 114 valence electrons. The number of morpholine rings is 1. The molecule has 0 aromatic heterocycles. The molecule has 0 aliphatic carbocycles. The fourth-order valence-electron chi connectivity index (χ4n) is 2.65. The van der Waals surface area contributed by atoms with Crippen molar-refractivity contribution in [2.45, 2.75) is 12.6 Å². The molecule has 5 heteroatoms.